The number of unbranched alkanes of at least 4 members (excludes halogenated alkanes) is 1. The summed E-state index contributed by atoms with van der Waals surface area (Å²) < 4.78 is 38.2. The Morgan fingerprint density at radius 3 is 2.60 bits per heavy atom. The van der Waals surface area contributed by atoms with Crippen LogP contribution in [0.4, 0.5) is 13.2 Å². The van der Waals surface area contributed by atoms with Crippen molar-refractivity contribution in [2.75, 3.05) is 13.1 Å². The molecule has 0 radical (unpaired) electrons. The van der Waals surface area contributed by atoms with E-state index in [2.05, 4.69) is 10.6 Å². The highest BCUT2D eigenvalue weighted by Crippen LogP contribution is 2.31. The molecule has 1 aromatic rings. The van der Waals surface area contributed by atoms with Crippen LogP contribution in [0.5, 0.6) is 0 Å². The lowest BCUT2D eigenvalue weighted by Crippen LogP contribution is -2.34. The highest BCUT2D eigenvalue weighted by Gasteiger charge is 2.32. The summed E-state index contributed by atoms with van der Waals surface area (Å²) >= 11 is 0. The van der Waals surface area contributed by atoms with E-state index in [1.807, 2.05) is 6.92 Å². The third-order valence-electron chi connectivity index (χ3n) is 2.78. The number of rotatable bonds is 7. The molecule has 1 amide bonds. The van der Waals surface area contributed by atoms with Gasteiger partial charge in [-0.2, -0.15) is 13.2 Å². The first-order valence-electron chi connectivity index (χ1n) is 6.57. The molecule has 0 saturated heterocycles. The molecule has 3 nitrogen and oxygen atoms in total. The first-order valence-corrected chi connectivity index (χ1v) is 6.57. The predicted molar refractivity (Wildman–Crippen MR) is 71.1 cm³/mol. The maximum atomic E-state index is 12.7. The second-order valence-electron chi connectivity index (χ2n) is 4.46. The first-order chi connectivity index (χ1) is 9.45. The van der Waals surface area contributed by atoms with Crippen molar-refractivity contribution < 1.29 is 18.0 Å². The topological polar surface area (TPSA) is 41.1 Å². The lowest BCUT2D eigenvalue weighted by Gasteiger charge is -2.13. The Kier molecular flexibility index (Phi) is 6.51. The van der Waals surface area contributed by atoms with Gasteiger partial charge in [-0.3, -0.25) is 4.79 Å². The van der Waals surface area contributed by atoms with Crippen LogP contribution in [0.25, 0.3) is 0 Å². The first kappa shape index (κ1) is 16.5. The molecule has 0 aliphatic carbocycles. The van der Waals surface area contributed by atoms with Crippen LogP contribution in [0.15, 0.2) is 24.3 Å². The molecule has 0 atom stereocenters. The van der Waals surface area contributed by atoms with Gasteiger partial charge in [0.25, 0.3) is 0 Å². The minimum atomic E-state index is -4.37. The Bertz CT molecular complexity index is 433. The summed E-state index contributed by atoms with van der Waals surface area (Å²) in [7, 11) is 0. The Balaban J connectivity index is 2.45. The van der Waals surface area contributed by atoms with E-state index in [-0.39, 0.29) is 24.6 Å². The van der Waals surface area contributed by atoms with Gasteiger partial charge in [-0.15, -0.1) is 0 Å². The average Bonchev–Trinajstić information content (AvgIpc) is 2.38. The largest absolute Gasteiger partial charge is 0.416 e. The molecule has 0 unspecified atom stereocenters. The molecule has 0 aliphatic rings. The number of hydrogen-bond acceptors (Lipinski definition) is 2. The molecule has 2 N–H and O–H groups in total. The standard InChI is InChI=1S/C14H19F3N2O/c1-2-3-8-19-13(20)10-18-9-11-6-4-5-7-12(11)14(15,16)17/h4-7,18H,2-3,8-10H2,1H3,(H,19,20). The van der Waals surface area contributed by atoms with Crippen LogP contribution >= 0.6 is 0 Å². The molecule has 0 saturated carbocycles. The minimum absolute atomic E-state index is 0.00983. The molecular formula is C14H19F3N2O. The Morgan fingerprint density at radius 1 is 1.25 bits per heavy atom. The monoisotopic (exact) mass is 288 g/mol. The predicted octanol–water partition coefficient (Wildman–Crippen LogP) is 2.71. The number of hydrogen-bond donors (Lipinski definition) is 2. The molecule has 0 spiro atoms. The molecule has 0 aromatic heterocycles. The summed E-state index contributed by atoms with van der Waals surface area (Å²) in [6, 6.07) is 5.35. The number of halogens is 3. The van der Waals surface area contributed by atoms with Crippen LogP contribution in [0.3, 0.4) is 0 Å². The van der Waals surface area contributed by atoms with E-state index in [4.69, 9.17) is 0 Å². The van der Waals surface area contributed by atoms with Gasteiger partial charge in [0.1, 0.15) is 0 Å². The van der Waals surface area contributed by atoms with E-state index >= 15 is 0 Å². The van der Waals surface area contributed by atoms with Crippen molar-refractivity contribution in [3.8, 4) is 0 Å². The fraction of sp³-hybridized carbons (Fsp3) is 0.500. The van der Waals surface area contributed by atoms with Crippen LogP contribution in [0, 0.1) is 0 Å². The van der Waals surface area contributed by atoms with Gasteiger partial charge in [-0.1, -0.05) is 31.5 Å². The molecular weight excluding hydrogens is 269 g/mol. The highest BCUT2D eigenvalue weighted by atomic mass is 19.4. The Morgan fingerprint density at radius 2 is 1.95 bits per heavy atom. The fourth-order valence-corrected chi connectivity index (χ4v) is 1.73. The number of amides is 1. The molecule has 0 fully saturated rings. The van der Waals surface area contributed by atoms with Crippen molar-refractivity contribution in [2.24, 2.45) is 0 Å². The van der Waals surface area contributed by atoms with Gasteiger partial charge < -0.3 is 10.6 Å². The van der Waals surface area contributed by atoms with Crippen LogP contribution < -0.4 is 10.6 Å². The summed E-state index contributed by atoms with van der Waals surface area (Å²) in [4.78, 5) is 11.4. The second kappa shape index (κ2) is 7.89. The van der Waals surface area contributed by atoms with E-state index in [0.717, 1.165) is 18.9 Å². The fourth-order valence-electron chi connectivity index (χ4n) is 1.73. The lowest BCUT2D eigenvalue weighted by atomic mass is 10.1. The Labute approximate surface area is 116 Å². The molecule has 0 aliphatic heterocycles. The summed E-state index contributed by atoms with van der Waals surface area (Å²) in [5, 5.41) is 5.42. The zero-order valence-electron chi connectivity index (χ0n) is 11.4. The summed E-state index contributed by atoms with van der Waals surface area (Å²) in [5.74, 6) is -0.206. The third-order valence-corrected chi connectivity index (χ3v) is 2.78. The van der Waals surface area contributed by atoms with Gasteiger partial charge in [-0.25, -0.2) is 0 Å². The normalized spacial score (nSPS) is 11.4. The van der Waals surface area contributed by atoms with Crippen LogP contribution in [-0.2, 0) is 17.5 Å². The lowest BCUT2D eigenvalue weighted by molar-refractivity contribution is -0.138. The molecule has 1 rings (SSSR count). The molecule has 112 valence electrons. The maximum absolute atomic E-state index is 12.7. The smallest absolute Gasteiger partial charge is 0.355 e. The number of alkyl halides is 3. The average molecular weight is 288 g/mol. The van der Waals surface area contributed by atoms with Crippen molar-refractivity contribution in [3.63, 3.8) is 0 Å². The maximum Gasteiger partial charge on any atom is 0.416 e. The molecule has 6 heteroatoms. The Hall–Kier alpha value is -1.56. The quantitative estimate of drug-likeness (QED) is 0.757. The summed E-state index contributed by atoms with van der Waals surface area (Å²) in [6.07, 6.45) is -2.50. The van der Waals surface area contributed by atoms with Crippen LogP contribution in [0.2, 0.25) is 0 Å². The molecule has 1 aromatic carbocycles. The highest BCUT2D eigenvalue weighted by molar-refractivity contribution is 5.77. The summed E-state index contributed by atoms with van der Waals surface area (Å²) in [5.41, 5.74) is -0.528. The van der Waals surface area contributed by atoms with Crippen molar-refractivity contribution >= 4 is 5.91 Å². The minimum Gasteiger partial charge on any atom is -0.355 e. The van der Waals surface area contributed by atoms with E-state index in [1.165, 1.54) is 12.1 Å². The van der Waals surface area contributed by atoms with Crippen molar-refractivity contribution in [1.82, 2.24) is 10.6 Å². The zero-order valence-corrected chi connectivity index (χ0v) is 11.4. The zero-order chi connectivity index (χ0) is 15.0. The van der Waals surface area contributed by atoms with Crippen molar-refractivity contribution in [1.29, 1.82) is 0 Å². The van der Waals surface area contributed by atoms with E-state index in [9.17, 15) is 18.0 Å². The van der Waals surface area contributed by atoms with E-state index in [0.29, 0.717) is 6.54 Å². The number of nitrogens with one attached hydrogen (secondary N) is 2. The number of carbonyl (C=O) groups excluding carboxylic acids is 1. The van der Waals surface area contributed by atoms with Gasteiger partial charge in [0.15, 0.2) is 0 Å². The molecule has 20 heavy (non-hydrogen) atoms. The second-order valence-corrected chi connectivity index (χ2v) is 4.46. The van der Waals surface area contributed by atoms with E-state index < -0.39 is 11.7 Å². The van der Waals surface area contributed by atoms with Crippen molar-refractivity contribution in [3.05, 3.63) is 35.4 Å². The van der Waals surface area contributed by atoms with Crippen molar-refractivity contribution in [2.45, 2.75) is 32.5 Å². The summed E-state index contributed by atoms with van der Waals surface area (Å²) in [6.45, 7) is 2.63. The van der Waals surface area contributed by atoms with E-state index in [1.54, 1.807) is 6.07 Å². The number of carbonyl (C=O) groups is 1. The van der Waals surface area contributed by atoms with Crippen LogP contribution in [0.1, 0.15) is 30.9 Å². The third kappa shape index (κ3) is 5.61. The van der Waals surface area contributed by atoms with Gasteiger partial charge in [-0.05, 0) is 18.1 Å². The molecule has 0 bridgehead atoms. The SMILES string of the molecule is CCCCNC(=O)CNCc1ccccc1C(F)(F)F. The molecule has 0 heterocycles. The van der Waals surface area contributed by atoms with Gasteiger partial charge in [0.2, 0.25) is 5.91 Å². The van der Waals surface area contributed by atoms with Gasteiger partial charge >= 0.3 is 6.18 Å². The number of benzene rings is 1. The van der Waals surface area contributed by atoms with Crippen LogP contribution in [-0.4, -0.2) is 19.0 Å². The van der Waals surface area contributed by atoms with Gasteiger partial charge in [0.05, 0.1) is 12.1 Å². The van der Waals surface area contributed by atoms with Gasteiger partial charge in [0, 0.05) is 13.1 Å².